The number of aliphatic hydroxyl groups is 1. The Labute approximate surface area is 127 Å². The van der Waals surface area contributed by atoms with Crippen LogP contribution in [0.3, 0.4) is 0 Å². The summed E-state index contributed by atoms with van der Waals surface area (Å²) in [5.41, 5.74) is -0.993. The second-order valence-corrected chi connectivity index (χ2v) is 5.94. The van der Waals surface area contributed by atoms with E-state index in [1.807, 2.05) is 19.0 Å². The van der Waals surface area contributed by atoms with Gasteiger partial charge in [0.15, 0.2) is 0 Å². The van der Waals surface area contributed by atoms with Crippen molar-refractivity contribution in [1.29, 1.82) is 0 Å². The normalized spacial score (nSPS) is 14.2. The summed E-state index contributed by atoms with van der Waals surface area (Å²) in [7, 11) is 3.66. The Morgan fingerprint density at radius 2 is 1.95 bits per heavy atom. The van der Waals surface area contributed by atoms with E-state index in [2.05, 4.69) is 5.32 Å². The van der Waals surface area contributed by atoms with Gasteiger partial charge in [0.2, 0.25) is 0 Å². The zero-order chi connectivity index (χ0) is 15.5. The molecule has 1 unspecified atom stereocenters. The molecule has 2 N–H and O–H groups in total. The Bertz CT molecular complexity index is 507. The van der Waals surface area contributed by atoms with Gasteiger partial charge in [-0.2, -0.15) is 0 Å². The molecule has 0 aliphatic rings. The molecule has 0 aromatic heterocycles. The fraction of sp³-hybridized carbons (Fsp3) is 0.500. The average Bonchev–Trinajstić information content (AvgIpc) is 2.28. The maximum atomic E-state index is 11.0. The molecule has 0 aliphatic carbocycles. The van der Waals surface area contributed by atoms with E-state index in [4.69, 9.17) is 23.2 Å². The molecule has 0 radical (unpaired) electrons. The van der Waals surface area contributed by atoms with Crippen LogP contribution in [0.1, 0.15) is 6.92 Å². The number of hydrogen-bond donors (Lipinski definition) is 2. The van der Waals surface area contributed by atoms with Crippen LogP contribution in [0, 0.1) is 10.1 Å². The molecule has 0 heterocycles. The van der Waals surface area contributed by atoms with Crippen LogP contribution in [-0.4, -0.2) is 47.7 Å². The maximum absolute atomic E-state index is 11.0. The van der Waals surface area contributed by atoms with E-state index in [1.165, 1.54) is 12.1 Å². The maximum Gasteiger partial charge on any atom is 0.293 e. The van der Waals surface area contributed by atoms with Gasteiger partial charge in [0, 0.05) is 19.2 Å². The third-order valence-corrected chi connectivity index (χ3v) is 3.27. The number of hydrogen-bond acceptors (Lipinski definition) is 5. The van der Waals surface area contributed by atoms with Crippen molar-refractivity contribution < 1.29 is 10.0 Å². The van der Waals surface area contributed by atoms with Crippen LogP contribution in [0.4, 0.5) is 11.4 Å². The summed E-state index contributed by atoms with van der Waals surface area (Å²) in [5, 5.41) is 24.3. The molecular weight excluding hydrogens is 305 g/mol. The number of anilines is 1. The zero-order valence-corrected chi connectivity index (χ0v) is 13.0. The van der Waals surface area contributed by atoms with Crippen LogP contribution in [0.2, 0.25) is 10.0 Å². The van der Waals surface area contributed by atoms with Crippen molar-refractivity contribution in [1.82, 2.24) is 4.90 Å². The topological polar surface area (TPSA) is 78.6 Å². The summed E-state index contributed by atoms with van der Waals surface area (Å²) in [6, 6.07) is 2.57. The van der Waals surface area contributed by atoms with Gasteiger partial charge in [-0.05, 0) is 27.1 Å². The molecule has 8 heteroatoms. The lowest BCUT2D eigenvalue weighted by Crippen LogP contribution is -2.43. The van der Waals surface area contributed by atoms with Crippen LogP contribution in [-0.2, 0) is 0 Å². The molecule has 0 bridgehead atoms. The second-order valence-electron chi connectivity index (χ2n) is 5.13. The van der Waals surface area contributed by atoms with Crippen LogP contribution in [0.5, 0.6) is 0 Å². The number of nitrogens with zero attached hydrogens (tertiary/aromatic N) is 2. The number of nitro groups is 1. The molecule has 0 aliphatic heterocycles. The third kappa shape index (κ3) is 4.79. The molecule has 1 aromatic carbocycles. The Morgan fingerprint density at radius 1 is 1.40 bits per heavy atom. The predicted octanol–water partition coefficient (Wildman–Crippen LogP) is 2.63. The van der Waals surface area contributed by atoms with Gasteiger partial charge in [-0.15, -0.1) is 0 Å². The smallest absolute Gasteiger partial charge is 0.293 e. The Balaban J connectivity index is 2.92. The number of nitrogens with one attached hydrogen (secondary N) is 1. The number of benzene rings is 1. The SMILES string of the molecule is CN(C)CC(C)(O)CNc1cc(Cl)c(Cl)cc1[N+](=O)[O-]. The highest BCUT2D eigenvalue weighted by atomic mass is 35.5. The van der Waals surface area contributed by atoms with Crippen LogP contribution in [0.15, 0.2) is 12.1 Å². The van der Waals surface area contributed by atoms with Gasteiger partial charge in [-0.25, -0.2) is 0 Å². The second kappa shape index (κ2) is 6.58. The van der Waals surface area contributed by atoms with Crippen LogP contribution in [0.25, 0.3) is 0 Å². The van der Waals surface area contributed by atoms with Gasteiger partial charge in [-0.3, -0.25) is 10.1 Å². The first-order chi connectivity index (χ1) is 9.12. The van der Waals surface area contributed by atoms with E-state index < -0.39 is 10.5 Å². The molecule has 1 rings (SSSR count). The highest BCUT2D eigenvalue weighted by Gasteiger charge is 2.24. The van der Waals surface area contributed by atoms with Crippen molar-refractivity contribution >= 4 is 34.6 Å². The lowest BCUT2D eigenvalue weighted by atomic mass is 10.1. The van der Waals surface area contributed by atoms with Gasteiger partial charge in [0.25, 0.3) is 5.69 Å². The monoisotopic (exact) mass is 321 g/mol. The van der Waals surface area contributed by atoms with Gasteiger partial charge in [0.1, 0.15) is 5.69 Å². The molecule has 0 spiro atoms. The highest BCUT2D eigenvalue weighted by Crippen LogP contribution is 2.34. The summed E-state index contributed by atoms with van der Waals surface area (Å²) in [4.78, 5) is 12.3. The largest absolute Gasteiger partial charge is 0.387 e. The average molecular weight is 322 g/mol. The number of nitro benzene ring substituents is 1. The zero-order valence-electron chi connectivity index (χ0n) is 11.5. The number of rotatable bonds is 6. The summed E-state index contributed by atoms with van der Waals surface area (Å²) < 4.78 is 0. The van der Waals surface area contributed by atoms with E-state index in [-0.39, 0.29) is 28.0 Å². The molecule has 1 atom stereocenters. The Morgan fingerprint density at radius 3 is 2.45 bits per heavy atom. The fourth-order valence-corrected chi connectivity index (χ4v) is 2.17. The molecule has 0 saturated carbocycles. The summed E-state index contributed by atoms with van der Waals surface area (Å²) >= 11 is 11.6. The minimum Gasteiger partial charge on any atom is -0.387 e. The van der Waals surface area contributed by atoms with Crippen molar-refractivity contribution in [2.24, 2.45) is 0 Å². The van der Waals surface area contributed by atoms with Gasteiger partial charge < -0.3 is 15.3 Å². The Kier molecular flexibility index (Phi) is 5.59. The highest BCUT2D eigenvalue weighted by molar-refractivity contribution is 6.42. The van der Waals surface area contributed by atoms with E-state index in [0.29, 0.717) is 6.54 Å². The van der Waals surface area contributed by atoms with Gasteiger partial charge in [0.05, 0.1) is 20.6 Å². The Hall–Kier alpha value is -1.08. The molecule has 0 amide bonds. The minimum absolute atomic E-state index is 0.115. The van der Waals surface area contributed by atoms with E-state index in [0.717, 1.165) is 0 Å². The lowest BCUT2D eigenvalue weighted by Gasteiger charge is -2.27. The molecule has 112 valence electrons. The fourth-order valence-electron chi connectivity index (χ4n) is 1.85. The first-order valence-corrected chi connectivity index (χ1v) is 6.62. The molecule has 0 saturated heterocycles. The third-order valence-electron chi connectivity index (χ3n) is 2.55. The van der Waals surface area contributed by atoms with Crippen molar-refractivity contribution in [2.75, 3.05) is 32.5 Å². The molecular formula is C12H17Cl2N3O3. The van der Waals surface area contributed by atoms with Crippen LogP contribution < -0.4 is 5.32 Å². The van der Waals surface area contributed by atoms with Crippen molar-refractivity contribution in [3.63, 3.8) is 0 Å². The lowest BCUT2D eigenvalue weighted by molar-refractivity contribution is -0.383. The molecule has 6 nitrogen and oxygen atoms in total. The van der Waals surface area contributed by atoms with E-state index in [1.54, 1.807) is 6.92 Å². The summed E-state index contributed by atoms with van der Waals surface area (Å²) in [5.74, 6) is 0. The van der Waals surface area contributed by atoms with Gasteiger partial charge in [-0.1, -0.05) is 23.2 Å². The number of halogens is 2. The molecule has 0 fully saturated rings. The van der Waals surface area contributed by atoms with Crippen molar-refractivity contribution in [3.8, 4) is 0 Å². The first-order valence-electron chi connectivity index (χ1n) is 5.87. The standard InChI is InChI=1S/C12H17Cl2N3O3/c1-12(18,7-16(2)3)6-15-10-4-8(13)9(14)5-11(10)17(19)20/h4-5,15,18H,6-7H2,1-3H3. The summed E-state index contributed by atoms with van der Waals surface area (Å²) in [6.07, 6.45) is 0. The van der Waals surface area contributed by atoms with E-state index in [9.17, 15) is 15.2 Å². The van der Waals surface area contributed by atoms with Gasteiger partial charge >= 0.3 is 0 Å². The summed E-state index contributed by atoms with van der Waals surface area (Å²) in [6.45, 7) is 2.20. The van der Waals surface area contributed by atoms with Crippen molar-refractivity contribution in [3.05, 3.63) is 32.3 Å². The quantitative estimate of drug-likeness (QED) is 0.622. The van der Waals surface area contributed by atoms with E-state index >= 15 is 0 Å². The minimum atomic E-state index is -1.04. The van der Waals surface area contributed by atoms with Crippen molar-refractivity contribution in [2.45, 2.75) is 12.5 Å². The molecule has 1 aromatic rings. The molecule has 20 heavy (non-hydrogen) atoms. The first kappa shape index (κ1) is 17.0. The number of likely N-dealkylation sites (N-methyl/N-ethyl adjacent to an activating group) is 1. The predicted molar refractivity (Wildman–Crippen MR) is 80.8 cm³/mol. The van der Waals surface area contributed by atoms with Crippen LogP contribution >= 0.6 is 23.2 Å².